The van der Waals surface area contributed by atoms with Gasteiger partial charge in [-0.2, -0.15) is 12.7 Å². The molecular formula is C26H21F2N5O4S. The standard InChI is InChI=1S/C26H21F2N5O4S/c1-3-33(2)38(36,37)32-21-11-10-20(27)22(23(21)28)24(34)19-14-31-26-18(19)12-16(13-30-26)5-4-15-6-8-17(9-7-15)25(29)35/h6-14,32H,3H2,1-2H3,(H2,29,35)(H,30,31). The molecule has 4 rings (SSSR count). The smallest absolute Gasteiger partial charge is 0.301 e. The highest BCUT2D eigenvalue weighted by Crippen LogP contribution is 2.28. The fraction of sp³-hybridized carbons (Fsp3) is 0.115. The Morgan fingerprint density at radius 2 is 1.79 bits per heavy atom. The van der Waals surface area contributed by atoms with Crippen molar-refractivity contribution in [2.45, 2.75) is 6.92 Å². The molecule has 0 fully saturated rings. The summed E-state index contributed by atoms with van der Waals surface area (Å²) in [7, 11) is -2.83. The van der Waals surface area contributed by atoms with Crippen LogP contribution in [0.2, 0.25) is 0 Å². The van der Waals surface area contributed by atoms with Crippen LogP contribution in [0.3, 0.4) is 0 Å². The van der Waals surface area contributed by atoms with Gasteiger partial charge in [-0.15, -0.1) is 0 Å². The summed E-state index contributed by atoms with van der Waals surface area (Å²) < 4.78 is 57.5. The molecule has 194 valence electrons. The van der Waals surface area contributed by atoms with Gasteiger partial charge < -0.3 is 10.7 Å². The monoisotopic (exact) mass is 537 g/mol. The highest BCUT2D eigenvalue weighted by molar-refractivity contribution is 7.90. The molecule has 38 heavy (non-hydrogen) atoms. The second-order valence-electron chi connectivity index (χ2n) is 8.15. The largest absolute Gasteiger partial charge is 0.366 e. The Hall–Kier alpha value is -4.60. The predicted octanol–water partition coefficient (Wildman–Crippen LogP) is 3.18. The quantitative estimate of drug-likeness (QED) is 0.246. The lowest BCUT2D eigenvalue weighted by Gasteiger charge is -2.17. The molecule has 1 amide bonds. The summed E-state index contributed by atoms with van der Waals surface area (Å²) in [6, 6.07) is 9.57. The lowest BCUT2D eigenvalue weighted by Crippen LogP contribution is -2.32. The maximum Gasteiger partial charge on any atom is 0.301 e. The summed E-state index contributed by atoms with van der Waals surface area (Å²) in [6.07, 6.45) is 2.72. The number of hydrogen-bond donors (Lipinski definition) is 3. The van der Waals surface area contributed by atoms with Crippen LogP contribution >= 0.6 is 0 Å². The number of carbonyl (C=O) groups excluding carboxylic acids is 2. The number of halogens is 2. The molecule has 0 spiro atoms. The van der Waals surface area contributed by atoms with Crippen LogP contribution in [-0.2, 0) is 10.2 Å². The van der Waals surface area contributed by atoms with E-state index in [0.717, 1.165) is 16.4 Å². The van der Waals surface area contributed by atoms with E-state index < -0.39 is 44.8 Å². The van der Waals surface area contributed by atoms with Crippen LogP contribution in [0.5, 0.6) is 0 Å². The highest BCUT2D eigenvalue weighted by atomic mass is 32.2. The highest BCUT2D eigenvalue weighted by Gasteiger charge is 2.26. The number of primary amides is 1. The Morgan fingerprint density at radius 3 is 2.45 bits per heavy atom. The van der Waals surface area contributed by atoms with Gasteiger partial charge >= 0.3 is 10.2 Å². The van der Waals surface area contributed by atoms with Crippen LogP contribution in [0, 0.1) is 23.5 Å². The van der Waals surface area contributed by atoms with Crippen molar-refractivity contribution in [1.29, 1.82) is 0 Å². The molecule has 2 aromatic heterocycles. The minimum absolute atomic E-state index is 0.0783. The first-order chi connectivity index (χ1) is 18.0. The molecule has 0 aliphatic heterocycles. The van der Waals surface area contributed by atoms with E-state index in [1.807, 2.05) is 4.72 Å². The Balaban J connectivity index is 1.70. The van der Waals surface area contributed by atoms with Crippen molar-refractivity contribution in [3.63, 3.8) is 0 Å². The first-order valence-electron chi connectivity index (χ1n) is 11.2. The molecule has 0 bridgehead atoms. The SMILES string of the molecule is CCN(C)S(=O)(=O)Nc1ccc(F)c(C(=O)c2c[nH]c3ncc(C#Cc4ccc(C(N)=O)cc4)cc23)c1F. The third-order valence-corrected chi connectivity index (χ3v) is 7.27. The minimum atomic E-state index is -4.12. The number of anilines is 1. The second kappa shape index (κ2) is 10.4. The molecule has 12 heteroatoms. The van der Waals surface area contributed by atoms with E-state index in [-0.39, 0.29) is 23.1 Å². The number of pyridine rings is 1. The van der Waals surface area contributed by atoms with Gasteiger partial charge in [-0.1, -0.05) is 18.8 Å². The molecule has 9 nitrogen and oxygen atoms in total. The number of carbonyl (C=O) groups is 2. The van der Waals surface area contributed by atoms with Gasteiger partial charge in [-0.05, 0) is 42.5 Å². The van der Waals surface area contributed by atoms with E-state index in [1.54, 1.807) is 19.1 Å². The summed E-state index contributed by atoms with van der Waals surface area (Å²) in [5.74, 6) is 1.71. The van der Waals surface area contributed by atoms with E-state index in [2.05, 4.69) is 21.8 Å². The number of hydrogen-bond acceptors (Lipinski definition) is 5. The van der Waals surface area contributed by atoms with E-state index in [0.29, 0.717) is 16.7 Å². The molecule has 0 aliphatic carbocycles. The number of benzene rings is 2. The van der Waals surface area contributed by atoms with Crippen LogP contribution in [0.4, 0.5) is 14.5 Å². The summed E-state index contributed by atoms with van der Waals surface area (Å²) >= 11 is 0. The molecule has 4 N–H and O–H groups in total. The fourth-order valence-corrected chi connectivity index (χ4v) is 4.41. The number of amides is 1. The average molecular weight is 538 g/mol. The molecule has 0 saturated carbocycles. The summed E-state index contributed by atoms with van der Waals surface area (Å²) in [6.45, 7) is 1.69. The number of aromatic amines is 1. The molecule has 0 unspecified atom stereocenters. The first kappa shape index (κ1) is 26.5. The molecule has 4 aromatic rings. The molecule has 0 radical (unpaired) electrons. The Bertz CT molecular complexity index is 1740. The van der Waals surface area contributed by atoms with Crippen molar-refractivity contribution in [1.82, 2.24) is 14.3 Å². The number of nitrogens with zero attached hydrogens (tertiary/aromatic N) is 2. The van der Waals surface area contributed by atoms with Crippen molar-refractivity contribution in [3.05, 3.63) is 94.3 Å². The molecule has 2 heterocycles. The first-order valence-corrected chi connectivity index (χ1v) is 12.6. The van der Waals surface area contributed by atoms with E-state index >= 15 is 4.39 Å². The molecule has 0 saturated heterocycles. The topological polar surface area (TPSA) is 138 Å². The van der Waals surface area contributed by atoms with E-state index in [4.69, 9.17) is 5.73 Å². The molecule has 2 aromatic carbocycles. The third kappa shape index (κ3) is 5.24. The van der Waals surface area contributed by atoms with Crippen molar-refractivity contribution in [3.8, 4) is 11.8 Å². The minimum Gasteiger partial charge on any atom is -0.366 e. The van der Waals surface area contributed by atoms with Crippen LogP contribution in [-0.4, -0.2) is 48.0 Å². The van der Waals surface area contributed by atoms with Crippen molar-refractivity contribution < 1.29 is 26.8 Å². The summed E-state index contributed by atoms with van der Waals surface area (Å²) in [5.41, 5.74) is 5.29. The number of nitrogens with two attached hydrogens (primary N) is 1. The van der Waals surface area contributed by atoms with Gasteiger partial charge in [0.15, 0.2) is 5.82 Å². The zero-order chi connectivity index (χ0) is 27.6. The maximum atomic E-state index is 15.3. The number of rotatable bonds is 7. The van der Waals surface area contributed by atoms with Gasteiger partial charge in [0.1, 0.15) is 11.5 Å². The van der Waals surface area contributed by atoms with Crippen molar-refractivity contribution >= 4 is 38.6 Å². The predicted molar refractivity (Wildman–Crippen MR) is 138 cm³/mol. The van der Waals surface area contributed by atoms with E-state index in [9.17, 15) is 22.4 Å². The lowest BCUT2D eigenvalue weighted by atomic mass is 10.0. The number of aromatic nitrogens is 2. The number of ketones is 1. The van der Waals surface area contributed by atoms with Crippen LogP contribution in [0.15, 0.2) is 54.9 Å². The molecule has 0 atom stereocenters. The number of nitrogens with one attached hydrogen (secondary N) is 2. The normalized spacial score (nSPS) is 11.3. The van der Waals surface area contributed by atoms with Gasteiger partial charge in [0.2, 0.25) is 11.7 Å². The van der Waals surface area contributed by atoms with Crippen LogP contribution < -0.4 is 10.5 Å². The maximum absolute atomic E-state index is 15.3. The van der Waals surface area contributed by atoms with Gasteiger partial charge in [0.05, 0.1) is 11.3 Å². The zero-order valence-electron chi connectivity index (χ0n) is 20.2. The fourth-order valence-electron chi connectivity index (χ4n) is 3.48. The van der Waals surface area contributed by atoms with E-state index in [1.165, 1.54) is 37.6 Å². The lowest BCUT2D eigenvalue weighted by molar-refractivity contribution is 0.0998. The Labute approximate surface area is 216 Å². The van der Waals surface area contributed by atoms with Gasteiger partial charge in [0, 0.05) is 53.6 Å². The Kier molecular flexibility index (Phi) is 7.25. The molecule has 0 aliphatic rings. The summed E-state index contributed by atoms with van der Waals surface area (Å²) in [5, 5.41) is 0.265. The number of fused-ring (bicyclic) bond motifs is 1. The van der Waals surface area contributed by atoms with Gasteiger partial charge in [-0.25, -0.2) is 13.8 Å². The number of H-pyrrole nitrogens is 1. The van der Waals surface area contributed by atoms with Gasteiger partial charge in [-0.3, -0.25) is 14.3 Å². The Morgan fingerprint density at radius 1 is 1.11 bits per heavy atom. The van der Waals surface area contributed by atoms with Crippen LogP contribution in [0.25, 0.3) is 11.0 Å². The third-order valence-electron chi connectivity index (χ3n) is 5.71. The van der Waals surface area contributed by atoms with Crippen molar-refractivity contribution in [2.24, 2.45) is 5.73 Å². The zero-order valence-corrected chi connectivity index (χ0v) is 21.0. The van der Waals surface area contributed by atoms with Crippen LogP contribution in [0.1, 0.15) is 44.3 Å². The van der Waals surface area contributed by atoms with Crippen molar-refractivity contribution in [2.75, 3.05) is 18.3 Å². The average Bonchev–Trinajstić information content (AvgIpc) is 3.32. The summed E-state index contributed by atoms with van der Waals surface area (Å²) in [4.78, 5) is 31.5. The van der Waals surface area contributed by atoms with Gasteiger partial charge in [0.25, 0.3) is 0 Å². The second-order valence-corrected chi connectivity index (χ2v) is 9.93. The molecular weight excluding hydrogens is 516 g/mol.